The molecule has 2 aromatic carbocycles. The van der Waals surface area contributed by atoms with E-state index in [4.69, 9.17) is 4.74 Å². The zero-order valence-corrected chi connectivity index (χ0v) is 12.9. The number of hydrogen-bond donors (Lipinski definition) is 0. The molecule has 0 aliphatic carbocycles. The Balaban J connectivity index is 1.90. The van der Waals surface area contributed by atoms with E-state index in [1.54, 1.807) is 0 Å². The lowest BCUT2D eigenvalue weighted by Gasteiger charge is -2.11. The maximum Gasteiger partial charge on any atom is 0.128 e. The van der Waals surface area contributed by atoms with E-state index in [2.05, 4.69) is 61.7 Å². The fourth-order valence-corrected chi connectivity index (χ4v) is 2.84. The van der Waals surface area contributed by atoms with Gasteiger partial charge in [0, 0.05) is 11.9 Å². The minimum Gasteiger partial charge on any atom is -0.487 e. The number of benzene rings is 2. The summed E-state index contributed by atoms with van der Waals surface area (Å²) in [5.41, 5.74) is 5.11. The number of aromatic nitrogens is 1. The molecule has 0 fully saturated rings. The third kappa shape index (κ3) is 2.66. The van der Waals surface area contributed by atoms with Crippen molar-refractivity contribution in [1.82, 2.24) is 4.57 Å². The van der Waals surface area contributed by atoms with Crippen LogP contribution in [0.1, 0.15) is 23.7 Å². The highest BCUT2D eigenvalue weighted by Gasteiger charge is 2.09. The molecule has 0 aliphatic rings. The van der Waals surface area contributed by atoms with Gasteiger partial charge >= 0.3 is 0 Å². The highest BCUT2D eigenvalue weighted by molar-refractivity contribution is 5.84. The Hall–Kier alpha value is -2.22. The van der Waals surface area contributed by atoms with Crippen LogP contribution in [0.5, 0.6) is 5.75 Å². The number of para-hydroxylation sites is 1. The molecule has 0 spiro atoms. The van der Waals surface area contributed by atoms with Crippen molar-refractivity contribution >= 4 is 10.9 Å². The Morgan fingerprint density at radius 3 is 2.48 bits per heavy atom. The summed E-state index contributed by atoms with van der Waals surface area (Å²) >= 11 is 0. The molecule has 0 amide bonds. The predicted molar refractivity (Wildman–Crippen MR) is 87.9 cm³/mol. The Morgan fingerprint density at radius 1 is 1.00 bits per heavy atom. The van der Waals surface area contributed by atoms with Crippen molar-refractivity contribution in [1.29, 1.82) is 0 Å². The molecule has 0 N–H and O–H groups in total. The molecule has 1 heterocycles. The number of hydrogen-bond acceptors (Lipinski definition) is 1. The molecule has 0 aliphatic heterocycles. The van der Waals surface area contributed by atoms with E-state index in [-0.39, 0.29) is 0 Å². The molecule has 3 aromatic rings. The van der Waals surface area contributed by atoms with Crippen molar-refractivity contribution in [3.8, 4) is 5.75 Å². The number of aryl methyl sites for hydroxylation is 3. The molecule has 3 rings (SSSR count). The summed E-state index contributed by atoms with van der Waals surface area (Å²) in [7, 11) is 0. The van der Waals surface area contributed by atoms with Crippen LogP contribution in [-0.2, 0) is 13.2 Å². The summed E-state index contributed by atoms with van der Waals surface area (Å²) in [5, 5.41) is 1.29. The van der Waals surface area contributed by atoms with Gasteiger partial charge in [-0.2, -0.15) is 0 Å². The smallest absolute Gasteiger partial charge is 0.128 e. The SMILES string of the molecule is CCn1c(COc2ccc(C)cc2)cc2cccc(C)c21. The Morgan fingerprint density at radius 2 is 1.76 bits per heavy atom. The van der Waals surface area contributed by atoms with Gasteiger partial charge in [-0.1, -0.05) is 35.9 Å². The topological polar surface area (TPSA) is 14.2 Å². The maximum atomic E-state index is 5.94. The first-order valence-corrected chi connectivity index (χ1v) is 7.46. The zero-order chi connectivity index (χ0) is 14.8. The minimum absolute atomic E-state index is 0.602. The molecule has 2 nitrogen and oxygen atoms in total. The molecule has 2 heteroatoms. The van der Waals surface area contributed by atoms with Crippen LogP contribution in [0.2, 0.25) is 0 Å². The molecule has 1 aromatic heterocycles. The van der Waals surface area contributed by atoms with Crippen LogP contribution in [0.4, 0.5) is 0 Å². The molecule has 0 radical (unpaired) electrons. The normalized spacial score (nSPS) is 11.0. The second-order valence-corrected chi connectivity index (χ2v) is 5.49. The molecular formula is C19H21NO. The summed E-state index contributed by atoms with van der Waals surface area (Å²) in [6, 6.07) is 16.9. The zero-order valence-electron chi connectivity index (χ0n) is 12.9. The molecular weight excluding hydrogens is 258 g/mol. The van der Waals surface area contributed by atoms with Gasteiger partial charge < -0.3 is 9.30 Å². The van der Waals surface area contributed by atoms with Gasteiger partial charge in [0.25, 0.3) is 0 Å². The van der Waals surface area contributed by atoms with E-state index in [0.29, 0.717) is 6.61 Å². The van der Waals surface area contributed by atoms with E-state index in [0.717, 1.165) is 12.3 Å². The summed E-state index contributed by atoms with van der Waals surface area (Å²) in [6.07, 6.45) is 0. The maximum absolute atomic E-state index is 5.94. The van der Waals surface area contributed by atoms with Crippen LogP contribution in [0, 0.1) is 13.8 Å². The summed E-state index contributed by atoms with van der Waals surface area (Å²) in [4.78, 5) is 0. The highest BCUT2D eigenvalue weighted by atomic mass is 16.5. The van der Waals surface area contributed by atoms with Gasteiger partial charge in [-0.05, 0) is 44.5 Å². The van der Waals surface area contributed by atoms with Crippen LogP contribution in [-0.4, -0.2) is 4.57 Å². The third-order valence-electron chi connectivity index (χ3n) is 3.93. The van der Waals surface area contributed by atoms with Crippen LogP contribution in [0.15, 0.2) is 48.5 Å². The first-order chi connectivity index (χ1) is 10.2. The first-order valence-electron chi connectivity index (χ1n) is 7.46. The van der Waals surface area contributed by atoms with Crippen LogP contribution >= 0.6 is 0 Å². The second kappa shape index (κ2) is 5.65. The summed E-state index contributed by atoms with van der Waals surface area (Å²) < 4.78 is 8.28. The number of nitrogens with zero attached hydrogens (tertiary/aromatic N) is 1. The largest absolute Gasteiger partial charge is 0.487 e. The molecule has 108 valence electrons. The van der Waals surface area contributed by atoms with Gasteiger partial charge in [-0.25, -0.2) is 0 Å². The standard InChI is InChI=1S/C19H21NO/c1-4-20-17(12-16-7-5-6-15(3)19(16)20)13-21-18-10-8-14(2)9-11-18/h5-12H,4,13H2,1-3H3. The molecule has 0 bridgehead atoms. The van der Waals surface area contributed by atoms with Gasteiger partial charge in [0.2, 0.25) is 0 Å². The van der Waals surface area contributed by atoms with E-state index in [9.17, 15) is 0 Å². The fourth-order valence-electron chi connectivity index (χ4n) is 2.84. The van der Waals surface area contributed by atoms with Crippen molar-refractivity contribution in [2.24, 2.45) is 0 Å². The highest BCUT2D eigenvalue weighted by Crippen LogP contribution is 2.24. The van der Waals surface area contributed by atoms with Crippen molar-refractivity contribution in [3.63, 3.8) is 0 Å². The van der Waals surface area contributed by atoms with Crippen LogP contribution < -0.4 is 4.74 Å². The van der Waals surface area contributed by atoms with Gasteiger partial charge in [0.05, 0.1) is 11.2 Å². The van der Waals surface area contributed by atoms with Crippen molar-refractivity contribution in [2.75, 3.05) is 0 Å². The lowest BCUT2D eigenvalue weighted by molar-refractivity contribution is 0.296. The van der Waals surface area contributed by atoms with Crippen molar-refractivity contribution in [2.45, 2.75) is 33.9 Å². The van der Waals surface area contributed by atoms with E-state index >= 15 is 0 Å². The van der Waals surface area contributed by atoms with Crippen LogP contribution in [0.25, 0.3) is 10.9 Å². The van der Waals surface area contributed by atoms with E-state index in [1.165, 1.54) is 27.7 Å². The molecule has 0 unspecified atom stereocenters. The summed E-state index contributed by atoms with van der Waals surface area (Å²) in [6.45, 7) is 7.99. The second-order valence-electron chi connectivity index (χ2n) is 5.49. The molecule has 0 saturated carbocycles. The summed E-state index contributed by atoms with van der Waals surface area (Å²) in [5.74, 6) is 0.922. The van der Waals surface area contributed by atoms with Gasteiger partial charge in [-0.3, -0.25) is 0 Å². The molecule has 0 atom stereocenters. The lowest BCUT2D eigenvalue weighted by Crippen LogP contribution is -2.05. The van der Waals surface area contributed by atoms with Crippen molar-refractivity contribution < 1.29 is 4.74 Å². The van der Waals surface area contributed by atoms with Gasteiger partial charge in [0.15, 0.2) is 0 Å². The van der Waals surface area contributed by atoms with E-state index < -0.39 is 0 Å². The Kier molecular flexibility index (Phi) is 3.70. The third-order valence-corrected chi connectivity index (χ3v) is 3.93. The first kappa shape index (κ1) is 13.7. The van der Waals surface area contributed by atoms with Gasteiger partial charge in [-0.15, -0.1) is 0 Å². The lowest BCUT2D eigenvalue weighted by atomic mass is 10.2. The number of ether oxygens (including phenoxy) is 1. The Labute approximate surface area is 126 Å². The predicted octanol–water partition coefficient (Wildman–Crippen LogP) is 4.86. The average molecular weight is 279 g/mol. The monoisotopic (exact) mass is 279 g/mol. The average Bonchev–Trinajstić information content (AvgIpc) is 2.85. The number of rotatable bonds is 4. The number of fused-ring (bicyclic) bond motifs is 1. The van der Waals surface area contributed by atoms with Crippen LogP contribution in [0.3, 0.4) is 0 Å². The van der Waals surface area contributed by atoms with E-state index in [1.807, 2.05) is 12.1 Å². The minimum atomic E-state index is 0.602. The van der Waals surface area contributed by atoms with Crippen molar-refractivity contribution in [3.05, 3.63) is 65.4 Å². The fraction of sp³-hybridized carbons (Fsp3) is 0.263. The van der Waals surface area contributed by atoms with Gasteiger partial charge in [0.1, 0.15) is 12.4 Å². The quantitative estimate of drug-likeness (QED) is 0.665. The molecule has 21 heavy (non-hydrogen) atoms. The Bertz CT molecular complexity index is 753. The molecule has 0 saturated heterocycles.